The Morgan fingerprint density at radius 1 is 1.29 bits per heavy atom. The number of carboxylic acid groups (broad SMARTS) is 1. The van der Waals surface area contributed by atoms with Crippen LogP contribution in [0.1, 0.15) is 52.9 Å². The molecule has 176 valence electrons. The van der Waals surface area contributed by atoms with Crippen LogP contribution in [0.15, 0.2) is 24.3 Å². The van der Waals surface area contributed by atoms with Crippen LogP contribution in [-0.2, 0) is 23.4 Å². The summed E-state index contributed by atoms with van der Waals surface area (Å²) in [6, 6.07) is 0. The summed E-state index contributed by atoms with van der Waals surface area (Å²) < 4.78 is 25.3. The van der Waals surface area contributed by atoms with Crippen LogP contribution >= 0.6 is 0 Å². The van der Waals surface area contributed by atoms with Crippen molar-refractivity contribution in [1.29, 1.82) is 0 Å². The summed E-state index contributed by atoms with van der Waals surface area (Å²) >= 11 is 0. The first kappa shape index (κ1) is 24.6. The zero-order valence-electron chi connectivity index (χ0n) is 19.7. The third kappa shape index (κ3) is 6.51. The molecule has 0 radical (unpaired) electrons. The summed E-state index contributed by atoms with van der Waals surface area (Å²) in [5, 5.41) is 9.12. The van der Waals surface area contributed by atoms with E-state index in [1.54, 1.807) is 6.08 Å². The van der Waals surface area contributed by atoms with Gasteiger partial charge in [0.15, 0.2) is 14.6 Å². The maximum absolute atomic E-state index is 10.9. The van der Waals surface area contributed by atoms with Crippen LogP contribution in [0.3, 0.4) is 0 Å². The van der Waals surface area contributed by atoms with Gasteiger partial charge in [0.1, 0.15) is 0 Å². The molecule has 1 saturated carbocycles. The molecule has 3 aliphatic rings. The summed E-state index contributed by atoms with van der Waals surface area (Å²) in [5.74, 6) is -0.555. The number of fused-ring (bicyclic) bond motifs is 1. The largest absolute Gasteiger partial charge is 0.478 e. The van der Waals surface area contributed by atoms with Gasteiger partial charge in [0.05, 0.1) is 18.3 Å². The lowest BCUT2D eigenvalue weighted by molar-refractivity contribution is -0.197. The minimum absolute atomic E-state index is 0.00900. The van der Waals surface area contributed by atoms with Crippen molar-refractivity contribution in [3.8, 4) is 0 Å². The highest BCUT2D eigenvalue weighted by Crippen LogP contribution is 2.43. The molecule has 3 rings (SSSR count). The number of ether oxygens (including phenoxy) is 3. The lowest BCUT2D eigenvalue weighted by Gasteiger charge is -2.38. The maximum Gasteiger partial charge on any atom is 0.328 e. The van der Waals surface area contributed by atoms with E-state index < -0.39 is 14.3 Å². The Hall–Kier alpha value is -0.993. The normalized spacial score (nSPS) is 34.6. The van der Waals surface area contributed by atoms with Crippen molar-refractivity contribution in [2.45, 2.75) is 95.6 Å². The van der Waals surface area contributed by atoms with Crippen LogP contribution in [0.25, 0.3) is 0 Å². The lowest BCUT2D eigenvalue weighted by Crippen LogP contribution is -2.44. The first-order valence-corrected chi connectivity index (χ1v) is 14.6. The van der Waals surface area contributed by atoms with Crippen molar-refractivity contribution < 1.29 is 28.5 Å². The van der Waals surface area contributed by atoms with E-state index in [0.717, 1.165) is 32.3 Å². The van der Waals surface area contributed by atoms with Gasteiger partial charge in [-0.2, -0.15) is 0 Å². The van der Waals surface area contributed by atoms with Crippen molar-refractivity contribution in [1.82, 2.24) is 0 Å². The summed E-state index contributed by atoms with van der Waals surface area (Å²) in [5.41, 5.74) is 0. The van der Waals surface area contributed by atoms with Crippen molar-refractivity contribution in [2.75, 3.05) is 13.2 Å². The molecule has 0 aromatic heterocycles. The van der Waals surface area contributed by atoms with Crippen LogP contribution in [0.4, 0.5) is 0 Å². The lowest BCUT2D eigenvalue weighted by atomic mass is 9.94. The zero-order chi connectivity index (χ0) is 22.6. The molecule has 1 unspecified atom stereocenters. The fourth-order valence-corrected chi connectivity index (χ4v) is 5.41. The quantitative estimate of drug-likeness (QED) is 0.336. The third-order valence-corrected chi connectivity index (χ3v) is 11.8. The summed E-state index contributed by atoms with van der Waals surface area (Å²) in [7, 11) is -1.89. The molecular formula is C24H40O6Si. The maximum atomic E-state index is 10.9. The van der Waals surface area contributed by atoms with Gasteiger partial charge in [-0.25, -0.2) is 4.79 Å². The molecule has 6 nitrogen and oxygen atoms in total. The molecule has 0 spiro atoms. The fourth-order valence-electron chi connectivity index (χ4n) is 4.37. The predicted molar refractivity (Wildman–Crippen MR) is 122 cm³/mol. The topological polar surface area (TPSA) is 74.2 Å². The highest BCUT2D eigenvalue weighted by Gasteiger charge is 2.47. The molecule has 0 bridgehead atoms. The molecule has 2 fully saturated rings. The Bertz CT molecular complexity index is 661. The molecule has 0 aromatic rings. The number of carbonyl (C=O) groups is 1. The molecule has 0 aromatic carbocycles. The first-order valence-electron chi connectivity index (χ1n) is 11.7. The van der Waals surface area contributed by atoms with Crippen LogP contribution in [0.5, 0.6) is 0 Å². The van der Waals surface area contributed by atoms with Gasteiger partial charge in [-0.3, -0.25) is 0 Å². The minimum Gasteiger partial charge on any atom is -0.478 e. The highest BCUT2D eigenvalue weighted by atomic mass is 28.4. The standard InChI is InChI=1S/C24H40O6Si/c1-24(2,3)31(4,5)28-16-19-18-10-8-9-17(12-13-22(25)26)29-20(18)15-21(19)30-23-11-6-7-14-27-23/h8,10,12-13,17-21,23H,6-7,9,11,14-16H2,1-5H3,(H,25,26)/b13-12+/t17-,18-,19-,20+,21-,23?/m1/s1. The minimum atomic E-state index is -1.89. The Kier molecular flexibility index (Phi) is 8.19. The van der Waals surface area contributed by atoms with E-state index in [9.17, 15) is 4.79 Å². The third-order valence-electron chi connectivity index (χ3n) is 7.30. The summed E-state index contributed by atoms with van der Waals surface area (Å²) in [4.78, 5) is 10.9. The van der Waals surface area contributed by atoms with Crippen molar-refractivity contribution in [2.24, 2.45) is 11.8 Å². The monoisotopic (exact) mass is 452 g/mol. The van der Waals surface area contributed by atoms with Crippen molar-refractivity contribution in [3.05, 3.63) is 24.3 Å². The van der Waals surface area contributed by atoms with Crippen LogP contribution < -0.4 is 0 Å². The van der Waals surface area contributed by atoms with E-state index >= 15 is 0 Å². The van der Waals surface area contributed by atoms with Crippen LogP contribution in [0, 0.1) is 11.8 Å². The van der Waals surface area contributed by atoms with Gasteiger partial charge in [0.2, 0.25) is 0 Å². The Morgan fingerprint density at radius 2 is 2.06 bits per heavy atom. The molecule has 1 aliphatic carbocycles. The molecule has 6 atom stereocenters. The van der Waals surface area contributed by atoms with Gasteiger partial charge in [-0.05, 0) is 49.9 Å². The molecule has 31 heavy (non-hydrogen) atoms. The molecule has 1 N–H and O–H groups in total. The molecule has 2 heterocycles. The summed E-state index contributed by atoms with van der Waals surface area (Å²) in [6.45, 7) is 12.8. The van der Waals surface area contributed by atoms with E-state index in [-0.39, 0.29) is 41.5 Å². The highest BCUT2D eigenvalue weighted by molar-refractivity contribution is 6.74. The molecule has 0 amide bonds. The van der Waals surface area contributed by atoms with Gasteiger partial charge in [-0.15, -0.1) is 0 Å². The van der Waals surface area contributed by atoms with E-state index in [1.165, 1.54) is 6.08 Å². The smallest absolute Gasteiger partial charge is 0.328 e. The van der Waals surface area contributed by atoms with Gasteiger partial charge < -0.3 is 23.7 Å². The average molecular weight is 453 g/mol. The van der Waals surface area contributed by atoms with Crippen LogP contribution in [-0.4, -0.2) is 57.2 Å². The van der Waals surface area contributed by atoms with Crippen molar-refractivity contribution in [3.63, 3.8) is 0 Å². The van der Waals surface area contributed by atoms with Gasteiger partial charge in [0.25, 0.3) is 0 Å². The predicted octanol–water partition coefficient (Wildman–Crippen LogP) is 4.91. The second-order valence-corrected chi connectivity index (χ2v) is 15.4. The molecule has 7 heteroatoms. The second-order valence-electron chi connectivity index (χ2n) is 10.6. The van der Waals surface area contributed by atoms with Gasteiger partial charge in [-0.1, -0.05) is 32.9 Å². The van der Waals surface area contributed by atoms with Crippen molar-refractivity contribution >= 4 is 14.3 Å². The Morgan fingerprint density at radius 3 is 2.71 bits per heavy atom. The first-order chi connectivity index (χ1) is 14.6. The number of hydrogen-bond acceptors (Lipinski definition) is 5. The van der Waals surface area contributed by atoms with E-state index in [0.29, 0.717) is 13.0 Å². The average Bonchev–Trinajstić information content (AvgIpc) is 2.86. The molecular weight excluding hydrogens is 412 g/mol. The molecule has 1 saturated heterocycles. The van der Waals surface area contributed by atoms with Gasteiger partial charge >= 0.3 is 5.97 Å². The van der Waals surface area contributed by atoms with Gasteiger partial charge in [0, 0.05) is 37.5 Å². The number of hydrogen-bond donors (Lipinski definition) is 1. The second kappa shape index (κ2) is 10.3. The van der Waals surface area contributed by atoms with Crippen LogP contribution in [0.2, 0.25) is 18.1 Å². The van der Waals surface area contributed by atoms with E-state index in [1.807, 2.05) is 0 Å². The number of carboxylic acids is 1. The Labute approximate surface area is 188 Å². The fraction of sp³-hybridized carbons (Fsp3) is 0.792. The molecule has 2 aliphatic heterocycles. The van der Waals surface area contributed by atoms with E-state index in [4.69, 9.17) is 23.7 Å². The number of rotatable bonds is 7. The Balaban J connectivity index is 1.74. The van der Waals surface area contributed by atoms with E-state index in [2.05, 4.69) is 46.0 Å². The zero-order valence-corrected chi connectivity index (χ0v) is 20.7. The number of aliphatic carboxylic acids is 1. The SMILES string of the molecule is CC(C)(C)[Si](C)(C)OC[C@@H]1[C@H]2C=CC[C@H](/C=C/C(=O)O)O[C@H]2C[C@H]1OC1CCCCO1. The summed E-state index contributed by atoms with van der Waals surface area (Å²) in [6.07, 6.45) is 11.4.